The van der Waals surface area contributed by atoms with Crippen molar-refractivity contribution in [3.63, 3.8) is 0 Å². The second-order valence-corrected chi connectivity index (χ2v) is 4.48. The number of nitrogens with one attached hydrogen (secondary N) is 1. The highest BCUT2D eigenvalue weighted by atomic mass is 16.5. The Balaban J connectivity index is 2.47. The van der Waals surface area contributed by atoms with Gasteiger partial charge in [-0.05, 0) is 31.0 Å². The van der Waals surface area contributed by atoms with Gasteiger partial charge in [-0.25, -0.2) is 0 Å². The summed E-state index contributed by atoms with van der Waals surface area (Å²) < 4.78 is 5.16. The molecule has 1 rings (SSSR count). The van der Waals surface area contributed by atoms with Crippen LogP contribution >= 0.6 is 0 Å². The number of carbonyl (C=O) groups is 1. The molecule has 0 unspecified atom stereocenters. The van der Waals surface area contributed by atoms with Crippen molar-refractivity contribution in [2.24, 2.45) is 5.92 Å². The molecule has 0 saturated heterocycles. The number of ketones is 1. The molecule has 0 aromatic heterocycles. The fraction of sp³-hybridized carbons (Fsp3) is 0.500. The Labute approximate surface area is 103 Å². The lowest BCUT2D eigenvalue weighted by molar-refractivity contribution is 0.0988. The van der Waals surface area contributed by atoms with E-state index in [1.807, 2.05) is 12.1 Å². The molecule has 0 atom stereocenters. The third-order valence-electron chi connectivity index (χ3n) is 2.59. The van der Waals surface area contributed by atoms with E-state index in [2.05, 4.69) is 19.2 Å². The molecule has 3 nitrogen and oxygen atoms in total. The zero-order valence-corrected chi connectivity index (χ0v) is 10.8. The molecule has 1 aromatic carbocycles. The lowest BCUT2D eigenvalue weighted by Gasteiger charge is -2.09. The lowest BCUT2D eigenvalue weighted by Crippen LogP contribution is -2.25. The normalized spacial score (nSPS) is 10.6. The van der Waals surface area contributed by atoms with E-state index < -0.39 is 0 Å². The molecular formula is C14H21NO2. The summed E-state index contributed by atoms with van der Waals surface area (Å²) in [5, 5.41) is 3.16. The molecule has 1 N–H and O–H groups in total. The minimum Gasteiger partial charge on any atom is -0.496 e. The first-order valence-corrected chi connectivity index (χ1v) is 6.02. The molecule has 94 valence electrons. The summed E-state index contributed by atoms with van der Waals surface area (Å²) in [5.74, 6) is 1.37. The maximum atomic E-state index is 11.9. The van der Waals surface area contributed by atoms with Gasteiger partial charge in [-0.1, -0.05) is 26.0 Å². The van der Waals surface area contributed by atoms with Gasteiger partial charge in [-0.3, -0.25) is 4.79 Å². The lowest BCUT2D eigenvalue weighted by atomic mass is 10.1. The van der Waals surface area contributed by atoms with Crippen LogP contribution in [-0.4, -0.2) is 26.0 Å². The SMILES string of the molecule is COc1ccccc1C(=O)CNCCC(C)C. The van der Waals surface area contributed by atoms with Gasteiger partial charge < -0.3 is 10.1 Å². The molecule has 0 aliphatic rings. The third-order valence-corrected chi connectivity index (χ3v) is 2.59. The number of hydrogen-bond donors (Lipinski definition) is 1. The van der Waals surface area contributed by atoms with Gasteiger partial charge in [0.15, 0.2) is 5.78 Å². The molecule has 0 spiro atoms. The highest BCUT2D eigenvalue weighted by molar-refractivity contribution is 6.00. The monoisotopic (exact) mass is 235 g/mol. The summed E-state index contributed by atoms with van der Waals surface area (Å²) >= 11 is 0. The van der Waals surface area contributed by atoms with E-state index in [1.54, 1.807) is 19.2 Å². The molecule has 0 fully saturated rings. The molecule has 0 amide bonds. The second kappa shape index (κ2) is 7.07. The minimum absolute atomic E-state index is 0.0752. The number of rotatable bonds is 7. The molecule has 0 saturated carbocycles. The van der Waals surface area contributed by atoms with Crippen molar-refractivity contribution in [1.29, 1.82) is 0 Å². The molecule has 17 heavy (non-hydrogen) atoms. The zero-order valence-electron chi connectivity index (χ0n) is 10.8. The van der Waals surface area contributed by atoms with Crippen molar-refractivity contribution < 1.29 is 9.53 Å². The zero-order chi connectivity index (χ0) is 12.7. The van der Waals surface area contributed by atoms with E-state index >= 15 is 0 Å². The van der Waals surface area contributed by atoms with E-state index in [0.717, 1.165) is 13.0 Å². The molecular weight excluding hydrogens is 214 g/mol. The minimum atomic E-state index is 0.0752. The van der Waals surface area contributed by atoms with Crippen LogP contribution in [0.15, 0.2) is 24.3 Å². The molecule has 1 aromatic rings. The Hall–Kier alpha value is -1.35. The van der Waals surface area contributed by atoms with Crippen LogP contribution in [0.2, 0.25) is 0 Å². The smallest absolute Gasteiger partial charge is 0.180 e. The van der Waals surface area contributed by atoms with E-state index in [9.17, 15) is 4.79 Å². The van der Waals surface area contributed by atoms with Crippen molar-refractivity contribution >= 4 is 5.78 Å². The quantitative estimate of drug-likeness (QED) is 0.583. The van der Waals surface area contributed by atoms with Crippen LogP contribution in [0.25, 0.3) is 0 Å². The van der Waals surface area contributed by atoms with Crippen molar-refractivity contribution in [2.75, 3.05) is 20.2 Å². The standard InChI is InChI=1S/C14H21NO2/c1-11(2)8-9-15-10-13(16)12-6-4-5-7-14(12)17-3/h4-7,11,15H,8-10H2,1-3H3. The summed E-state index contributed by atoms with van der Waals surface area (Å²) in [5.41, 5.74) is 0.645. The van der Waals surface area contributed by atoms with E-state index in [-0.39, 0.29) is 5.78 Å². The van der Waals surface area contributed by atoms with Gasteiger partial charge >= 0.3 is 0 Å². The number of hydrogen-bond acceptors (Lipinski definition) is 3. The van der Waals surface area contributed by atoms with Gasteiger partial charge in [0.2, 0.25) is 0 Å². The van der Waals surface area contributed by atoms with E-state index in [0.29, 0.717) is 23.8 Å². The summed E-state index contributed by atoms with van der Waals surface area (Å²) in [4.78, 5) is 11.9. The molecule has 0 bridgehead atoms. The van der Waals surface area contributed by atoms with Gasteiger partial charge in [0.05, 0.1) is 19.2 Å². The topological polar surface area (TPSA) is 38.3 Å². The van der Waals surface area contributed by atoms with Crippen LogP contribution < -0.4 is 10.1 Å². The molecule has 0 aliphatic carbocycles. The van der Waals surface area contributed by atoms with Crippen molar-refractivity contribution in [2.45, 2.75) is 20.3 Å². The van der Waals surface area contributed by atoms with Gasteiger partial charge in [0.25, 0.3) is 0 Å². The number of benzene rings is 1. The number of carbonyl (C=O) groups excluding carboxylic acids is 1. The number of ether oxygens (including phenoxy) is 1. The third kappa shape index (κ3) is 4.57. The van der Waals surface area contributed by atoms with Crippen LogP contribution in [0.4, 0.5) is 0 Å². The Morgan fingerprint density at radius 2 is 2.06 bits per heavy atom. The van der Waals surface area contributed by atoms with Gasteiger partial charge in [-0.2, -0.15) is 0 Å². The first-order chi connectivity index (χ1) is 8.15. The summed E-state index contributed by atoms with van der Waals surface area (Å²) in [6, 6.07) is 7.32. The Kier molecular flexibility index (Phi) is 5.70. The van der Waals surface area contributed by atoms with E-state index in [4.69, 9.17) is 4.74 Å². The summed E-state index contributed by atoms with van der Waals surface area (Å²) in [6.45, 7) is 5.58. The molecule has 3 heteroatoms. The summed E-state index contributed by atoms with van der Waals surface area (Å²) in [6.07, 6.45) is 1.08. The predicted molar refractivity (Wildman–Crippen MR) is 69.6 cm³/mol. The fourth-order valence-electron chi connectivity index (χ4n) is 1.56. The van der Waals surface area contributed by atoms with Gasteiger partial charge in [0.1, 0.15) is 5.75 Å². The maximum Gasteiger partial charge on any atom is 0.180 e. The van der Waals surface area contributed by atoms with E-state index in [1.165, 1.54) is 0 Å². The van der Waals surface area contributed by atoms with Gasteiger partial charge in [-0.15, -0.1) is 0 Å². The maximum absolute atomic E-state index is 11.9. The highest BCUT2D eigenvalue weighted by Gasteiger charge is 2.10. The van der Waals surface area contributed by atoms with Crippen molar-refractivity contribution in [3.05, 3.63) is 29.8 Å². The predicted octanol–water partition coefficient (Wildman–Crippen LogP) is 2.51. The molecule has 0 heterocycles. The van der Waals surface area contributed by atoms with Crippen LogP contribution in [0, 0.1) is 5.92 Å². The highest BCUT2D eigenvalue weighted by Crippen LogP contribution is 2.17. The average Bonchev–Trinajstić information content (AvgIpc) is 2.34. The van der Waals surface area contributed by atoms with Crippen molar-refractivity contribution in [3.8, 4) is 5.75 Å². The van der Waals surface area contributed by atoms with Crippen LogP contribution in [-0.2, 0) is 0 Å². The largest absolute Gasteiger partial charge is 0.496 e. The number of Topliss-reactive ketones (excluding diaryl/α,β-unsaturated/α-hetero) is 1. The number of methoxy groups -OCH3 is 1. The van der Waals surface area contributed by atoms with Crippen molar-refractivity contribution in [1.82, 2.24) is 5.32 Å². The van der Waals surface area contributed by atoms with Gasteiger partial charge in [0, 0.05) is 0 Å². The Bertz CT molecular complexity index is 361. The first kappa shape index (κ1) is 13.7. The fourth-order valence-corrected chi connectivity index (χ4v) is 1.56. The Morgan fingerprint density at radius 1 is 1.35 bits per heavy atom. The van der Waals surface area contributed by atoms with Crippen LogP contribution in [0.1, 0.15) is 30.6 Å². The molecule has 0 radical (unpaired) electrons. The Morgan fingerprint density at radius 3 is 2.71 bits per heavy atom. The van der Waals surface area contributed by atoms with Crippen LogP contribution in [0.5, 0.6) is 5.75 Å². The number of para-hydroxylation sites is 1. The second-order valence-electron chi connectivity index (χ2n) is 4.48. The average molecular weight is 235 g/mol. The summed E-state index contributed by atoms with van der Waals surface area (Å²) in [7, 11) is 1.58. The van der Waals surface area contributed by atoms with Crippen LogP contribution in [0.3, 0.4) is 0 Å². The first-order valence-electron chi connectivity index (χ1n) is 6.02. The molecule has 0 aliphatic heterocycles.